The molecule has 28 heavy (non-hydrogen) atoms. The zero-order chi connectivity index (χ0) is 19.9. The quantitative estimate of drug-likeness (QED) is 0.530. The van der Waals surface area contributed by atoms with Crippen molar-refractivity contribution in [3.8, 4) is 5.75 Å². The van der Waals surface area contributed by atoms with Crippen molar-refractivity contribution >= 4 is 11.9 Å². The van der Waals surface area contributed by atoms with E-state index in [1.165, 1.54) is 24.0 Å². The van der Waals surface area contributed by atoms with Gasteiger partial charge in [0.1, 0.15) is 11.9 Å². The third kappa shape index (κ3) is 3.25. The van der Waals surface area contributed by atoms with Crippen LogP contribution in [0.2, 0.25) is 0 Å². The molecule has 3 aliphatic carbocycles. The van der Waals surface area contributed by atoms with Gasteiger partial charge in [-0.25, -0.2) is 0 Å². The Kier molecular flexibility index (Phi) is 5.24. The molecule has 4 nitrogen and oxygen atoms in total. The molecule has 1 aromatic rings. The van der Waals surface area contributed by atoms with Crippen LogP contribution < -0.4 is 4.74 Å². The van der Waals surface area contributed by atoms with E-state index in [2.05, 4.69) is 19.1 Å². The number of carbonyl (C=O) groups is 2. The zero-order valence-electron chi connectivity index (χ0n) is 17.3. The molecule has 3 aliphatic rings. The number of aryl methyl sites for hydroxylation is 1. The number of ether oxygens (including phenoxy) is 2. The topological polar surface area (TPSA) is 52.6 Å². The normalized spacial score (nSPS) is 33.4. The molecule has 0 aliphatic heterocycles. The highest BCUT2D eigenvalue weighted by Gasteiger charge is 2.56. The standard InChI is InChI=1S/C24H32O4/c1-4-22(25)27-16-7-9-17-15(14-16)6-8-19-18(17)12-13-24(3)20(19)10-11-21(24)28-23(26)5-2/h7,9,14,18-21H,4-6,8,10-13H2,1-3H3/t18-,19-,20-,21-,24-/m0/s1. The number of hydrogen-bond donors (Lipinski definition) is 0. The van der Waals surface area contributed by atoms with Crippen LogP contribution in [0.25, 0.3) is 0 Å². The predicted molar refractivity (Wildman–Crippen MR) is 107 cm³/mol. The smallest absolute Gasteiger partial charge is 0.310 e. The number of hydrogen-bond acceptors (Lipinski definition) is 4. The van der Waals surface area contributed by atoms with Crippen LogP contribution in [0.5, 0.6) is 5.75 Å². The number of benzene rings is 1. The Morgan fingerprint density at radius 3 is 2.61 bits per heavy atom. The molecular weight excluding hydrogens is 352 g/mol. The molecule has 5 atom stereocenters. The number of fused-ring (bicyclic) bond motifs is 5. The van der Waals surface area contributed by atoms with Crippen molar-refractivity contribution in [2.24, 2.45) is 17.3 Å². The maximum absolute atomic E-state index is 11.9. The minimum Gasteiger partial charge on any atom is -0.462 e. The SMILES string of the molecule is CCC(=O)Oc1ccc2c(c1)CC[C@H]1[C@H]2CC[C@]2(C)[C@@H](OC(=O)CC)CC[C@@H]12. The lowest BCUT2D eigenvalue weighted by Crippen LogP contribution is -2.45. The van der Waals surface area contributed by atoms with Crippen LogP contribution in [-0.2, 0) is 20.7 Å². The van der Waals surface area contributed by atoms with Crippen molar-refractivity contribution < 1.29 is 19.1 Å². The Balaban J connectivity index is 1.54. The van der Waals surface area contributed by atoms with Gasteiger partial charge in [-0.2, -0.15) is 0 Å². The molecule has 0 amide bonds. The fourth-order valence-electron chi connectivity index (χ4n) is 6.21. The van der Waals surface area contributed by atoms with Gasteiger partial charge >= 0.3 is 11.9 Å². The first-order valence-electron chi connectivity index (χ1n) is 11.0. The van der Waals surface area contributed by atoms with Crippen LogP contribution in [-0.4, -0.2) is 18.0 Å². The van der Waals surface area contributed by atoms with E-state index in [9.17, 15) is 9.59 Å². The van der Waals surface area contributed by atoms with E-state index in [0.29, 0.717) is 36.3 Å². The predicted octanol–water partition coefficient (Wildman–Crippen LogP) is 5.18. The molecule has 0 radical (unpaired) electrons. The number of rotatable bonds is 4. The van der Waals surface area contributed by atoms with Crippen molar-refractivity contribution in [2.45, 2.75) is 84.2 Å². The van der Waals surface area contributed by atoms with Crippen LogP contribution in [0.4, 0.5) is 0 Å². The minimum absolute atomic E-state index is 0.0582. The second-order valence-corrected chi connectivity index (χ2v) is 9.06. The first-order chi connectivity index (χ1) is 13.5. The molecule has 0 saturated heterocycles. The Labute approximate surface area is 168 Å². The molecule has 4 rings (SSSR count). The number of esters is 2. The summed E-state index contributed by atoms with van der Waals surface area (Å²) < 4.78 is 11.3. The van der Waals surface area contributed by atoms with Gasteiger partial charge in [0.25, 0.3) is 0 Å². The summed E-state index contributed by atoms with van der Waals surface area (Å²) >= 11 is 0. The van der Waals surface area contributed by atoms with Crippen molar-refractivity contribution in [1.29, 1.82) is 0 Å². The highest BCUT2D eigenvalue weighted by molar-refractivity contribution is 5.72. The van der Waals surface area contributed by atoms with Gasteiger partial charge in [-0.3, -0.25) is 9.59 Å². The van der Waals surface area contributed by atoms with E-state index in [4.69, 9.17) is 9.47 Å². The fourth-order valence-corrected chi connectivity index (χ4v) is 6.21. The Morgan fingerprint density at radius 1 is 1.07 bits per heavy atom. The summed E-state index contributed by atoms with van der Waals surface area (Å²) in [4.78, 5) is 23.5. The van der Waals surface area contributed by atoms with E-state index < -0.39 is 0 Å². The van der Waals surface area contributed by atoms with Gasteiger partial charge in [0, 0.05) is 18.3 Å². The molecule has 0 aromatic heterocycles. The maximum Gasteiger partial charge on any atom is 0.310 e. The third-order valence-corrected chi connectivity index (χ3v) is 7.69. The molecular formula is C24H32O4. The summed E-state index contributed by atoms with van der Waals surface area (Å²) in [5, 5.41) is 0. The monoisotopic (exact) mass is 384 g/mol. The molecule has 152 valence electrons. The van der Waals surface area contributed by atoms with Crippen LogP contribution >= 0.6 is 0 Å². The van der Waals surface area contributed by atoms with E-state index in [0.717, 1.165) is 25.7 Å². The summed E-state index contributed by atoms with van der Waals surface area (Å²) in [5.41, 5.74) is 2.92. The van der Waals surface area contributed by atoms with Gasteiger partial charge in [0.2, 0.25) is 0 Å². The van der Waals surface area contributed by atoms with Crippen LogP contribution in [0, 0.1) is 17.3 Å². The summed E-state index contributed by atoms with van der Waals surface area (Å²) in [6.07, 6.45) is 7.61. The van der Waals surface area contributed by atoms with Gasteiger partial charge in [-0.1, -0.05) is 26.8 Å². The van der Waals surface area contributed by atoms with E-state index in [1.807, 2.05) is 19.9 Å². The highest BCUT2D eigenvalue weighted by Crippen LogP contribution is 2.61. The number of carbonyl (C=O) groups excluding carboxylic acids is 2. The molecule has 0 spiro atoms. The van der Waals surface area contributed by atoms with Crippen molar-refractivity contribution in [2.75, 3.05) is 0 Å². The highest BCUT2D eigenvalue weighted by atomic mass is 16.5. The molecule has 4 heteroatoms. The molecule has 2 fully saturated rings. The molecule has 1 aromatic carbocycles. The molecule has 2 saturated carbocycles. The summed E-state index contributed by atoms with van der Waals surface area (Å²) in [6, 6.07) is 6.23. The van der Waals surface area contributed by atoms with Crippen molar-refractivity contribution in [3.63, 3.8) is 0 Å². The lowest BCUT2D eigenvalue weighted by molar-refractivity contribution is -0.157. The first-order valence-corrected chi connectivity index (χ1v) is 11.0. The zero-order valence-corrected chi connectivity index (χ0v) is 17.3. The largest absolute Gasteiger partial charge is 0.462 e. The Morgan fingerprint density at radius 2 is 1.86 bits per heavy atom. The van der Waals surface area contributed by atoms with Crippen molar-refractivity contribution in [1.82, 2.24) is 0 Å². The molecule has 0 N–H and O–H groups in total. The van der Waals surface area contributed by atoms with E-state index in [-0.39, 0.29) is 23.5 Å². The second kappa shape index (κ2) is 7.53. The first kappa shape index (κ1) is 19.5. The Bertz CT molecular complexity index is 770. The summed E-state index contributed by atoms with van der Waals surface area (Å²) in [6.45, 7) is 6.05. The van der Waals surface area contributed by atoms with Gasteiger partial charge in [-0.05, 0) is 79.5 Å². The average molecular weight is 385 g/mol. The minimum atomic E-state index is -0.180. The van der Waals surface area contributed by atoms with E-state index >= 15 is 0 Å². The van der Waals surface area contributed by atoms with Crippen molar-refractivity contribution in [3.05, 3.63) is 29.3 Å². The summed E-state index contributed by atoms with van der Waals surface area (Å²) in [7, 11) is 0. The van der Waals surface area contributed by atoms with E-state index in [1.54, 1.807) is 0 Å². The van der Waals surface area contributed by atoms with Crippen LogP contribution in [0.3, 0.4) is 0 Å². The fraction of sp³-hybridized carbons (Fsp3) is 0.667. The molecule has 0 heterocycles. The van der Waals surface area contributed by atoms with Crippen LogP contribution in [0.1, 0.15) is 82.8 Å². The molecule has 0 unspecified atom stereocenters. The lowest BCUT2D eigenvalue weighted by Gasteiger charge is -2.50. The lowest BCUT2D eigenvalue weighted by atomic mass is 9.55. The van der Waals surface area contributed by atoms with Gasteiger partial charge in [0.05, 0.1) is 0 Å². The van der Waals surface area contributed by atoms with Gasteiger partial charge in [0.15, 0.2) is 0 Å². The average Bonchev–Trinajstić information content (AvgIpc) is 3.03. The van der Waals surface area contributed by atoms with Gasteiger partial charge < -0.3 is 9.47 Å². The maximum atomic E-state index is 11.9. The third-order valence-electron chi connectivity index (χ3n) is 7.69. The van der Waals surface area contributed by atoms with Gasteiger partial charge in [-0.15, -0.1) is 0 Å². The summed E-state index contributed by atoms with van der Waals surface area (Å²) in [5.74, 6) is 2.32. The molecule has 0 bridgehead atoms. The Hall–Kier alpha value is -1.84. The van der Waals surface area contributed by atoms with Crippen LogP contribution in [0.15, 0.2) is 18.2 Å². The second-order valence-electron chi connectivity index (χ2n) is 9.06.